The van der Waals surface area contributed by atoms with Gasteiger partial charge < -0.3 is 10.2 Å². The molecule has 1 heterocycles. The molecule has 0 saturated carbocycles. The lowest BCUT2D eigenvalue weighted by molar-refractivity contribution is 0.116. The number of hydrogen-bond acceptors (Lipinski definition) is 2. The van der Waals surface area contributed by atoms with Crippen molar-refractivity contribution in [3.63, 3.8) is 0 Å². The predicted octanol–water partition coefficient (Wildman–Crippen LogP) is 3.07. The summed E-state index contributed by atoms with van der Waals surface area (Å²) in [6, 6.07) is 12.5. The minimum absolute atomic E-state index is 0.439. The molecule has 1 aromatic carbocycles. The summed E-state index contributed by atoms with van der Waals surface area (Å²) in [7, 11) is 2.23. The van der Waals surface area contributed by atoms with E-state index in [-0.39, 0.29) is 0 Å². The van der Waals surface area contributed by atoms with E-state index < -0.39 is 0 Å². The third-order valence-electron chi connectivity index (χ3n) is 4.37. The van der Waals surface area contributed by atoms with E-state index >= 15 is 0 Å². The third kappa shape index (κ3) is 3.12. The molecule has 2 rings (SSSR count). The fourth-order valence-electron chi connectivity index (χ4n) is 2.93. The predicted molar refractivity (Wildman–Crippen MR) is 77.7 cm³/mol. The molecule has 0 unspecified atom stereocenters. The molecule has 18 heavy (non-hydrogen) atoms. The molecule has 1 aliphatic rings. The highest BCUT2D eigenvalue weighted by molar-refractivity contribution is 5.18. The Morgan fingerprint density at radius 1 is 1.22 bits per heavy atom. The third-order valence-corrected chi connectivity index (χ3v) is 4.37. The molecular weight excluding hydrogens is 220 g/mol. The molecule has 4 atom stereocenters. The Bertz CT molecular complexity index is 363. The second-order valence-corrected chi connectivity index (χ2v) is 5.91. The summed E-state index contributed by atoms with van der Waals surface area (Å²) < 4.78 is 0. The van der Waals surface area contributed by atoms with Gasteiger partial charge in [-0.05, 0) is 38.8 Å². The molecule has 1 fully saturated rings. The monoisotopic (exact) mass is 246 g/mol. The van der Waals surface area contributed by atoms with Crippen LogP contribution in [0.25, 0.3) is 0 Å². The highest BCUT2D eigenvalue weighted by Crippen LogP contribution is 2.23. The molecule has 0 amide bonds. The Morgan fingerprint density at radius 3 is 2.56 bits per heavy atom. The molecule has 0 spiro atoms. The lowest BCUT2D eigenvalue weighted by Gasteiger charge is -2.41. The minimum atomic E-state index is 0.439. The van der Waals surface area contributed by atoms with Gasteiger partial charge in [0.1, 0.15) is 0 Å². The molecule has 100 valence electrons. The van der Waals surface area contributed by atoms with E-state index in [0.29, 0.717) is 18.1 Å². The van der Waals surface area contributed by atoms with Crippen LogP contribution in [-0.2, 0) is 0 Å². The summed E-state index contributed by atoms with van der Waals surface area (Å²) in [5.74, 6) is 0.720. The van der Waals surface area contributed by atoms with Gasteiger partial charge in [0.15, 0.2) is 0 Å². The van der Waals surface area contributed by atoms with Crippen LogP contribution in [0.2, 0.25) is 0 Å². The number of nitrogens with one attached hydrogen (secondary N) is 1. The molecule has 0 radical (unpaired) electrons. The van der Waals surface area contributed by atoms with E-state index in [0.717, 1.165) is 5.92 Å². The maximum absolute atomic E-state index is 3.81. The molecule has 1 aliphatic heterocycles. The van der Waals surface area contributed by atoms with E-state index in [1.807, 2.05) is 0 Å². The van der Waals surface area contributed by atoms with Gasteiger partial charge in [0.2, 0.25) is 0 Å². The van der Waals surface area contributed by atoms with Crippen molar-refractivity contribution in [2.45, 2.75) is 45.3 Å². The van der Waals surface area contributed by atoms with Gasteiger partial charge in [-0.25, -0.2) is 0 Å². The van der Waals surface area contributed by atoms with Crippen LogP contribution in [-0.4, -0.2) is 30.6 Å². The highest BCUT2D eigenvalue weighted by atomic mass is 15.2. The first-order valence-electron chi connectivity index (χ1n) is 7.09. The van der Waals surface area contributed by atoms with Gasteiger partial charge in [-0.2, -0.15) is 0 Å². The van der Waals surface area contributed by atoms with Crippen LogP contribution in [0.3, 0.4) is 0 Å². The Hall–Kier alpha value is -0.860. The molecule has 1 aromatic rings. The normalized spacial score (nSPS) is 31.2. The lowest BCUT2D eigenvalue weighted by Crippen LogP contribution is -2.51. The molecular formula is C16H26N2. The van der Waals surface area contributed by atoms with Gasteiger partial charge in [-0.15, -0.1) is 0 Å². The molecule has 2 heteroatoms. The topological polar surface area (TPSA) is 15.3 Å². The van der Waals surface area contributed by atoms with Crippen LogP contribution in [0.4, 0.5) is 0 Å². The molecule has 0 bridgehead atoms. The molecule has 1 saturated heterocycles. The summed E-state index contributed by atoms with van der Waals surface area (Å²) in [6.45, 7) is 8.15. The Balaban J connectivity index is 1.97. The first-order valence-corrected chi connectivity index (χ1v) is 7.09. The average molecular weight is 246 g/mol. The van der Waals surface area contributed by atoms with Gasteiger partial charge in [-0.3, -0.25) is 0 Å². The van der Waals surface area contributed by atoms with Crippen molar-refractivity contribution >= 4 is 0 Å². The summed E-state index contributed by atoms with van der Waals surface area (Å²) in [5.41, 5.74) is 1.39. The highest BCUT2D eigenvalue weighted by Gasteiger charge is 2.29. The Kier molecular flexibility index (Phi) is 4.41. The average Bonchev–Trinajstić information content (AvgIpc) is 2.37. The number of benzene rings is 1. The second kappa shape index (κ2) is 5.85. The van der Waals surface area contributed by atoms with Crippen LogP contribution in [0.5, 0.6) is 0 Å². The van der Waals surface area contributed by atoms with E-state index in [1.54, 1.807) is 0 Å². The van der Waals surface area contributed by atoms with Gasteiger partial charge in [0.05, 0.1) is 0 Å². The van der Waals surface area contributed by atoms with Crippen LogP contribution in [0.15, 0.2) is 30.3 Å². The van der Waals surface area contributed by atoms with E-state index in [1.165, 1.54) is 18.5 Å². The van der Waals surface area contributed by atoms with Gasteiger partial charge in [0, 0.05) is 24.7 Å². The van der Waals surface area contributed by atoms with Crippen molar-refractivity contribution in [3.05, 3.63) is 35.9 Å². The number of hydrogen-bond donors (Lipinski definition) is 1. The quantitative estimate of drug-likeness (QED) is 0.882. The second-order valence-electron chi connectivity index (χ2n) is 5.91. The van der Waals surface area contributed by atoms with Crippen molar-refractivity contribution in [3.8, 4) is 0 Å². The van der Waals surface area contributed by atoms with E-state index in [4.69, 9.17) is 0 Å². The van der Waals surface area contributed by atoms with Crippen molar-refractivity contribution in [2.24, 2.45) is 5.92 Å². The van der Waals surface area contributed by atoms with Gasteiger partial charge in [-0.1, -0.05) is 37.3 Å². The summed E-state index contributed by atoms with van der Waals surface area (Å²) in [5, 5.41) is 3.81. The van der Waals surface area contributed by atoms with Crippen molar-refractivity contribution in [2.75, 3.05) is 13.6 Å². The standard InChI is InChI=1S/C16H26N2/c1-12-11-18(4)13(2)10-16(12)17-14(3)15-8-6-5-7-9-15/h5-9,12-14,16-17H,10-11H2,1-4H3/t12-,13+,14+,16-/m0/s1. The zero-order valence-electron chi connectivity index (χ0n) is 12.1. The Labute approximate surface area is 111 Å². The SMILES string of the molecule is C[C@@H]1C[C@H](N[C@H](C)c2ccccc2)[C@@H](C)CN1C. The zero-order valence-corrected chi connectivity index (χ0v) is 12.1. The molecule has 0 aliphatic carbocycles. The fraction of sp³-hybridized carbons (Fsp3) is 0.625. The largest absolute Gasteiger partial charge is 0.307 e. The molecule has 1 N–H and O–H groups in total. The minimum Gasteiger partial charge on any atom is -0.307 e. The van der Waals surface area contributed by atoms with Crippen molar-refractivity contribution < 1.29 is 0 Å². The number of piperidine rings is 1. The summed E-state index contributed by atoms with van der Waals surface area (Å²) in [4.78, 5) is 2.47. The first-order chi connectivity index (χ1) is 8.58. The van der Waals surface area contributed by atoms with Gasteiger partial charge in [0.25, 0.3) is 0 Å². The first kappa shape index (κ1) is 13.6. The fourth-order valence-corrected chi connectivity index (χ4v) is 2.93. The van der Waals surface area contributed by atoms with Crippen molar-refractivity contribution in [1.82, 2.24) is 10.2 Å². The van der Waals surface area contributed by atoms with Crippen LogP contribution in [0.1, 0.15) is 38.8 Å². The number of rotatable bonds is 3. The van der Waals surface area contributed by atoms with Crippen LogP contribution < -0.4 is 5.32 Å². The lowest BCUT2D eigenvalue weighted by atomic mass is 9.89. The smallest absolute Gasteiger partial charge is 0.0294 e. The summed E-state index contributed by atoms with van der Waals surface area (Å²) >= 11 is 0. The van der Waals surface area contributed by atoms with Crippen molar-refractivity contribution in [1.29, 1.82) is 0 Å². The number of likely N-dealkylation sites (tertiary alicyclic amines) is 1. The molecule has 0 aromatic heterocycles. The maximum atomic E-state index is 3.81. The van der Waals surface area contributed by atoms with Gasteiger partial charge >= 0.3 is 0 Å². The van der Waals surface area contributed by atoms with E-state index in [9.17, 15) is 0 Å². The van der Waals surface area contributed by atoms with Crippen LogP contribution >= 0.6 is 0 Å². The Morgan fingerprint density at radius 2 is 1.89 bits per heavy atom. The number of nitrogens with zero attached hydrogens (tertiary/aromatic N) is 1. The zero-order chi connectivity index (χ0) is 13.1. The molecule has 2 nitrogen and oxygen atoms in total. The van der Waals surface area contributed by atoms with Crippen LogP contribution in [0, 0.1) is 5.92 Å². The maximum Gasteiger partial charge on any atom is 0.0294 e. The van der Waals surface area contributed by atoms with E-state index in [2.05, 4.69) is 68.4 Å². The summed E-state index contributed by atoms with van der Waals surface area (Å²) in [6.07, 6.45) is 1.24.